The molecule has 1 aliphatic heterocycles. The van der Waals surface area contributed by atoms with E-state index < -0.39 is 0 Å². The highest BCUT2D eigenvalue weighted by atomic mass is 35.5. The van der Waals surface area contributed by atoms with Gasteiger partial charge in [0.1, 0.15) is 0 Å². The van der Waals surface area contributed by atoms with E-state index in [1.165, 1.54) is 5.56 Å². The second kappa shape index (κ2) is 6.47. The summed E-state index contributed by atoms with van der Waals surface area (Å²) in [7, 11) is 0. The van der Waals surface area contributed by atoms with E-state index in [2.05, 4.69) is 12.1 Å². The largest absolute Gasteiger partial charge is 0.393 e. The number of hydrogen-bond donors (Lipinski definition) is 2. The molecule has 5 aliphatic rings. The number of hydrogen-bond acceptors (Lipinski definition) is 3. The van der Waals surface area contributed by atoms with E-state index in [9.17, 15) is 9.90 Å². The number of aliphatic hydroxyl groups excluding tert-OH is 1. The Morgan fingerprint density at radius 2 is 1.81 bits per heavy atom. The van der Waals surface area contributed by atoms with E-state index in [0.29, 0.717) is 43.2 Å². The number of carbonyl (C=O) groups is 1. The molecule has 6 rings (SSSR count). The summed E-state index contributed by atoms with van der Waals surface area (Å²) in [6.45, 7) is 1.40. The number of benzene rings is 1. The van der Waals surface area contributed by atoms with Gasteiger partial charge in [0.2, 0.25) is 5.91 Å². The Balaban J connectivity index is 1.46. The number of nitrogens with zero attached hydrogens (tertiary/aromatic N) is 1. The van der Waals surface area contributed by atoms with Crippen LogP contribution in [0.15, 0.2) is 24.3 Å². The third kappa shape index (κ3) is 2.92. The minimum Gasteiger partial charge on any atom is -0.393 e. The lowest BCUT2D eigenvalue weighted by Crippen LogP contribution is -2.62. The highest BCUT2D eigenvalue weighted by Crippen LogP contribution is 2.64. The molecule has 146 valence electrons. The zero-order chi connectivity index (χ0) is 18.8. The first kappa shape index (κ1) is 18.0. The van der Waals surface area contributed by atoms with Crippen molar-refractivity contribution in [3.05, 3.63) is 34.9 Å². The molecule has 0 unspecified atom stereocenters. The molecule has 3 N–H and O–H groups in total. The summed E-state index contributed by atoms with van der Waals surface area (Å²) < 4.78 is 0. The molecule has 4 aliphatic carbocycles. The van der Waals surface area contributed by atoms with Crippen LogP contribution in [0.2, 0.25) is 5.02 Å². The number of rotatable bonds is 4. The molecule has 0 atom stereocenters. The summed E-state index contributed by atoms with van der Waals surface area (Å²) in [5.41, 5.74) is 7.16. The van der Waals surface area contributed by atoms with Crippen LogP contribution in [-0.4, -0.2) is 41.1 Å². The average Bonchev–Trinajstić information content (AvgIpc) is 2.57. The van der Waals surface area contributed by atoms with Gasteiger partial charge in [-0.05, 0) is 78.9 Å². The molecule has 1 amide bonds. The van der Waals surface area contributed by atoms with Crippen LogP contribution in [0.5, 0.6) is 0 Å². The molecule has 0 spiro atoms. The smallest absolute Gasteiger partial charge is 0.223 e. The Bertz CT molecular complexity index is 716. The fraction of sp³-hybridized carbons (Fsp3) is 0.682. The lowest BCUT2D eigenvalue weighted by atomic mass is 9.42. The van der Waals surface area contributed by atoms with Crippen molar-refractivity contribution in [1.82, 2.24) is 4.90 Å². The molecule has 5 fully saturated rings. The van der Waals surface area contributed by atoms with E-state index in [1.54, 1.807) is 0 Å². The van der Waals surface area contributed by atoms with Crippen LogP contribution in [0.1, 0.15) is 37.7 Å². The van der Waals surface area contributed by atoms with Gasteiger partial charge in [-0.15, -0.1) is 0 Å². The second-order valence-electron chi connectivity index (χ2n) is 9.62. The van der Waals surface area contributed by atoms with Gasteiger partial charge in [-0.25, -0.2) is 0 Å². The Morgan fingerprint density at radius 1 is 1.19 bits per heavy atom. The maximum Gasteiger partial charge on any atom is 0.223 e. The zero-order valence-corrected chi connectivity index (χ0v) is 16.4. The third-order valence-electron chi connectivity index (χ3n) is 8.11. The van der Waals surface area contributed by atoms with Crippen molar-refractivity contribution in [2.24, 2.45) is 34.8 Å². The van der Waals surface area contributed by atoms with E-state index in [0.717, 1.165) is 37.1 Å². The van der Waals surface area contributed by atoms with Crippen LogP contribution in [0, 0.1) is 29.1 Å². The van der Waals surface area contributed by atoms with Gasteiger partial charge in [0, 0.05) is 30.6 Å². The lowest BCUT2D eigenvalue weighted by molar-refractivity contribution is -0.177. The van der Waals surface area contributed by atoms with Crippen molar-refractivity contribution < 1.29 is 9.90 Å². The summed E-state index contributed by atoms with van der Waals surface area (Å²) in [4.78, 5) is 15.0. The predicted molar refractivity (Wildman–Crippen MR) is 105 cm³/mol. The molecule has 4 bridgehead atoms. The first-order valence-electron chi connectivity index (χ1n) is 10.4. The maximum atomic E-state index is 13.1. The molecule has 5 heteroatoms. The Hall–Kier alpha value is -1.10. The molecule has 1 aromatic carbocycles. The van der Waals surface area contributed by atoms with Crippen LogP contribution in [0.25, 0.3) is 0 Å². The van der Waals surface area contributed by atoms with Gasteiger partial charge in [-0.3, -0.25) is 4.79 Å². The SMILES string of the molecule is NC1CN(C(=O)CC2(Cc3cccc(Cl)c3)C3CC4CC2CC(C3)C4O)C1. The van der Waals surface area contributed by atoms with Crippen molar-refractivity contribution in [3.63, 3.8) is 0 Å². The van der Waals surface area contributed by atoms with Crippen molar-refractivity contribution in [3.8, 4) is 0 Å². The predicted octanol–water partition coefficient (Wildman–Crippen LogP) is 2.86. The molecular formula is C22H29ClN2O2. The molecular weight excluding hydrogens is 360 g/mol. The van der Waals surface area contributed by atoms with Crippen LogP contribution < -0.4 is 5.73 Å². The van der Waals surface area contributed by atoms with Crippen LogP contribution in [0.3, 0.4) is 0 Å². The standard InChI is InChI=1S/C22H29ClN2O2/c23-18-3-1-2-13(4-18)9-22(10-20(26)25-11-19(24)12-25)16-5-14-6-17(22)8-15(7-16)21(14)27/h1-4,14-17,19,21,27H,5-12,24H2. The van der Waals surface area contributed by atoms with Gasteiger partial charge in [-0.1, -0.05) is 23.7 Å². The van der Waals surface area contributed by atoms with Crippen LogP contribution >= 0.6 is 11.6 Å². The quantitative estimate of drug-likeness (QED) is 0.833. The van der Waals surface area contributed by atoms with Gasteiger partial charge in [-0.2, -0.15) is 0 Å². The van der Waals surface area contributed by atoms with Gasteiger partial charge >= 0.3 is 0 Å². The fourth-order valence-corrected chi connectivity index (χ4v) is 7.05. The van der Waals surface area contributed by atoms with Gasteiger partial charge in [0.15, 0.2) is 0 Å². The molecule has 1 heterocycles. The highest BCUT2D eigenvalue weighted by molar-refractivity contribution is 6.30. The number of amides is 1. The summed E-state index contributed by atoms with van der Waals surface area (Å²) in [5.74, 6) is 2.20. The van der Waals surface area contributed by atoms with Crippen molar-refractivity contribution in [1.29, 1.82) is 0 Å². The monoisotopic (exact) mass is 388 g/mol. The Labute approximate surface area is 166 Å². The molecule has 0 radical (unpaired) electrons. The first-order chi connectivity index (χ1) is 12.9. The zero-order valence-electron chi connectivity index (χ0n) is 15.7. The van der Waals surface area contributed by atoms with Crippen molar-refractivity contribution in [2.45, 2.75) is 50.7 Å². The van der Waals surface area contributed by atoms with Gasteiger partial charge in [0.05, 0.1) is 6.10 Å². The summed E-state index contributed by atoms with van der Waals surface area (Å²) in [6.07, 6.45) is 5.71. The number of halogens is 1. The number of carbonyl (C=O) groups excluding carboxylic acids is 1. The highest BCUT2D eigenvalue weighted by Gasteiger charge is 2.60. The first-order valence-corrected chi connectivity index (χ1v) is 10.8. The van der Waals surface area contributed by atoms with Gasteiger partial charge < -0.3 is 15.7 Å². The number of aliphatic hydroxyl groups is 1. The number of nitrogens with two attached hydrogens (primary N) is 1. The normalized spacial score (nSPS) is 40.3. The third-order valence-corrected chi connectivity index (χ3v) is 8.34. The fourth-order valence-electron chi connectivity index (χ4n) is 6.84. The summed E-state index contributed by atoms with van der Waals surface area (Å²) in [5, 5.41) is 11.3. The van der Waals surface area contributed by atoms with E-state index in [4.69, 9.17) is 17.3 Å². The summed E-state index contributed by atoms with van der Waals surface area (Å²) >= 11 is 6.26. The Kier molecular flexibility index (Phi) is 4.30. The number of likely N-dealkylation sites (tertiary alicyclic amines) is 1. The van der Waals surface area contributed by atoms with Crippen molar-refractivity contribution in [2.75, 3.05) is 13.1 Å². The molecule has 27 heavy (non-hydrogen) atoms. The lowest BCUT2D eigenvalue weighted by Gasteiger charge is -2.63. The van der Waals surface area contributed by atoms with Crippen LogP contribution in [0.4, 0.5) is 0 Å². The van der Waals surface area contributed by atoms with E-state index in [-0.39, 0.29) is 23.5 Å². The molecule has 0 aromatic heterocycles. The van der Waals surface area contributed by atoms with Gasteiger partial charge in [0.25, 0.3) is 0 Å². The molecule has 4 nitrogen and oxygen atoms in total. The molecule has 1 saturated heterocycles. The average molecular weight is 389 g/mol. The second-order valence-corrected chi connectivity index (χ2v) is 10.1. The van der Waals surface area contributed by atoms with Crippen LogP contribution in [-0.2, 0) is 11.2 Å². The maximum absolute atomic E-state index is 13.1. The van der Waals surface area contributed by atoms with Crippen molar-refractivity contribution >= 4 is 17.5 Å². The molecule has 1 aromatic rings. The molecule has 4 saturated carbocycles. The minimum absolute atomic E-state index is 0.00852. The van der Waals surface area contributed by atoms with E-state index >= 15 is 0 Å². The van der Waals surface area contributed by atoms with E-state index in [1.807, 2.05) is 17.0 Å². The topological polar surface area (TPSA) is 66.6 Å². The Morgan fingerprint density at radius 3 is 2.37 bits per heavy atom. The summed E-state index contributed by atoms with van der Waals surface area (Å²) in [6, 6.07) is 8.29. The minimum atomic E-state index is -0.120.